The van der Waals surface area contributed by atoms with Crippen molar-refractivity contribution in [3.63, 3.8) is 0 Å². The Balaban J connectivity index is 0. The highest BCUT2D eigenvalue weighted by Gasteiger charge is 2.21. The molecule has 3 N–H and O–H groups in total. The first kappa shape index (κ1) is 19.0. The van der Waals surface area contributed by atoms with Crippen LogP contribution in [0.3, 0.4) is 0 Å². The summed E-state index contributed by atoms with van der Waals surface area (Å²) >= 11 is 0. The highest BCUT2D eigenvalue weighted by Crippen LogP contribution is 2.00. The minimum Gasteiger partial charge on any atom is -0.351 e. The highest BCUT2D eigenvalue weighted by atomic mass is 35.5. The lowest BCUT2D eigenvalue weighted by molar-refractivity contribution is -0.123. The molecule has 104 valence electrons. The molecule has 7 heteroatoms. The van der Waals surface area contributed by atoms with Gasteiger partial charge in [-0.3, -0.25) is 4.79 Å². The van der Waals surface area contributed by atoms with E-state index in [2.05, 4.69) is 5.32 Å². The van der Waals surface area contributed by atoms with E-state index in [4.69, 9.17) is 5.73 Å². The maximum atomic E-state index is 11.5. The number of nitrogens with two attached hydrogens (primary N) is 1. The Hall–Kier alpha value is -0.330. The first-order valence-corrected chi connectivity index (χ1v) is 7.28. The van der Waals surface area contributed by atoms with Gasteiger partial charge in [0.25, 0.3) is 0 Å². The summed E-state index contributed by atoms with van der Waals surface area (Å²) in [4.78, 5) is 11.5. The van der Waals surface area contributed by atoms with Crippen LogP contribution in [0.4, 0.5) is 0 Å². The Morgan fingerprint density at radius 2 is 1.76 bits per heavy atom. The van der Waals surface area contributed by atoms with Crippen molar-refractivity contribution in [2.45, 2.75) is 39.8 Å². The molecule has 5 nitrogen and oxygen atoms in total. The van der Waals surface area contributed by atoms with E-state index in [-0.39, 0.29) is 35.7 Å². The van der Waals surface area contributed by atoms with Gasteiger partial charge in [0.05, 0.1) is 11.8 Å². The van der Waals surface area contributed by atoms with Crippen LogP contribution in [0.15, 0.2) is 0 Å². The van der Waals surface area contributed by atoms with E-state index >= 15 is 0 Å². The first-order valence-electron chi connectivity index (χ1n) is 5.46. The fourth-order valence-electron chi connectivity index (χ4n) is 1.18. The van der Waals surface area contributed by atoms with Gasteiger partial charge < -0.3 is 11.1 Å². The molecule has 0 rings (SSSR count). The second-order valence-corrected chi connectivity index (χ2v) is 6.78. The molecule has 17 heavy (non-hydrogen) atoms. The van der Waals surface area contributed by atoms with Crippen LogP contribution in [0, 0.1) is 5.92 Å². The summed E-state index contributed by atoms with van der Waals surface area (Å²) in [5.74, 6) is -0.215. The van der Waals surface area contributed by atoms with Crippen molar-refractivity contribution in [1.82, 2.24) is 5.32 Å². The molecule has 1 unspecified atom stereocenters. The van der Waals surface area contributed by atoms with Gasteiger partial charge in [-0.15, -0.1) is 12.4 Å². The number of hydrogen-bond donors (Lipinski definition) is 2. The van der Waals surface area contributed by atoms with Crippen LogP contribution in [0.25, 0.3) is 0 Å². The predicted molar refractivity (Wildman–Crippen MR) is 72.0 cm³/mol. The summed E-state index contributed by atoms with van der Waals surface area (Å²) in [6.45, 7) is 6.94. The normalized spacial score (nSPS) is 14.9. The topological polar surface area (TPSA) is 89.3 Å². The molecular weight excluding hydrogens is 264 g/mol. The maximum Gasteiger partial charge on any atom is 0.237 e. The molecule has 1 amide bonds. The summed E-state index contributed by atoms with van der Waals surface area (Å²) in [6.07, 6.45) is 0. The smallest absolute Gasteiger partial charge is 0.237 e. The van der Waals surface area contributed by atoms with Crippen LogP contribution in [0.1, 0.15) is 27.7 Å². The SMILES string of the molecule is CCS(=O)(=O)CC(C)NC(=O)[C@@H](N)C(C)C.Cl. The van der Waals surface area contributed by atoms with Gasteiger partial charge in [-0.25, -0.2) is 8.42 Å². The lowest BCUT2D eigenvalue weighted by Crippen LogP contribution is -2.48. The second kappa shape index (κ2) is 7.89. The predicted octanol–water partition coefficient (Wildman–Crippen LogP) is 0.331. The average molecular weight is 287 g/mol. The summed E-state index contributed by atoms with van der Waals surface area (Å²) < 4.78 is 22.6. The molecule has 0 aliphatic rings. The maximum absolute atomic E-state index is 11.5. The van der Waals surface area contributed by atoms with Crippen LogP contribution in [-0.2, 0) is 14.6 Å². The summed E-state index contributed by atoms with van der Waals surface area (Å²) in [7, 11) is -3.07. The van der Waals surface area contributed by atoms with Gasteiger partial charge in [0.15, 0.2) is 9.84 Å². The zero-order chi connectivity index (χ0) is 12.9. The zero-order valence-electron chi connectivity index (χ0n) is 10.8. The third-order valence-electron chi connectivity index (χ3n) is 2.35. The number of hydrogen-bond acceptors (Lipinski definition) is 4. The van der Waals surface area contributed by atoms with Crippen molar-refractivity contribution in [1.29, 1.82) is 0 Å². The highest BCUT2D eigenvalue weighted by molar-refractivity contribution is 7.91. The number of carbonyl (C=O) groups excluding carboxylic acids is 1. The average Bonchev–Trinajstić information content (AvgIpc) is 2.15. The van der Waals surface area contributed by atoms with E-state index in [1.165, 1.54) is 0 Å². The summed E-state index contributed by atoms with van der Waals surface area (Å²) in [5, 5.41) is 2.61. The number of halogens is 1. The van der Waals surface area contributed by atoms with Crippen molar-refractivity contribution >= 4 is 28.2 Å². The molecule has 0 aromatic carbocycles. The van der Waals surface area contributed by atoms with E-state index in [1.54, 1.807) is 13.8 Å². The van der Waals surface area contributed by atoms with E-state index in [9.17, 15) is 13.2 Å². The minimum atomic E-state index is -3.07. The molecule has 0 spiro atoms. The Morgan fingerprint density at radius 3 is 2.12 bits per heavy atom. The molecule has 2 atom stereocenters. The Bertz CT molecular complexity index is 330. The fourth-order valence-corrected chi connectivity index (χ4v) is 2.26. The molecule has 0 aromatic rings. The van der Waals surface area contributed by atoms with Crippen LogP contribution in [0.2, 0.25) is 0 Å². The van der Waals surface area contributed by atoms with Crippen LogP contribution in [-0.4, -0.2) is 37.9 Å². The molecule has 0 saturated heterocycles. The largest absolute Gasteiger partial charge is 0.351 e. The minimum absolute atomic E-state index is 0. The second-order valence-electron chi connectivity index (χ2n) is 4.38. The number of rotatable bonds is 6. The number of carbonyl (C=O) groups is 1. The molecule has 0 aromatic heterocycles. The third kappa shape index (κ3) is 7.57. The van der Waals surface area contributed by atoms with Gasteiger partial charge in [0, 0.05) is 11.8 Å². The van der Waals surface area contributed by atoms with Crippen LogP contribution < -0.4 is 11.1 Å². The lowest BCUT2D eigenvalue weighted by atomic mass is 10.0. The van der Waals surface area contributed by atoms with Crippen molar-refractivity contribution < 1.29 is 13.2 Å². The monoisotopic (exact) mass is 286 g/mol. The Morgan fingerprint density at radius 1 is 1.29 bits per heavy atom. The van der Waals surface area contributed by atoms with Crippen molar-refractivity contribution in [3.8, 4) is 0 Å². The molecule has 0 saturated carbocycles. The van der Waals surface area contributed by atoms with Crippen molar-refractivity contribution in [2.24, 2.45) is 11.7 Å². The van der Waals surface area contributed by atoms with Gasteiger partial charge >= 0.3 is 0 Å². The van der Waals surface area contributed by atoms with Gasteiger partial charge in [0.2, 0.25) is 5.91 Å². The van der Waals surface area contributed by atoms with E-state index in [0.717, 1.165) is 0 Å². The lowest BCUT2D eigenvalue weighted by Gasteiger charge is -2.19. The molecular formula is C10H23ClN2O3S. The summed E-state index contributed by atoms with van der Waals surface area (Å²) in [6, 6.07) is -0.992. The Kier molecular flexibility index (Phi) is 8.83. The van der Waals surface area contributed by atoms with Crippen LogP contribution >= 0.6 is 12.4 Å². The third-order valence-corrected chi connectivity index (χ3v) is 4.24. The molecule has 0 heterocycles. The number of amides is 1. The number of nitrogens with one attached hydrogen (secondary N) is 1. The molecule has 0 radical (unpaired) electrons. The summed E-state index contributed by atoms with van der Waals surface area (Å²) in [5.41, 5.74) is 5.64. The molecule has 0 bridgehead atoms. The van der Waals surface area contributed by atoms with E-state index in [1.807, 2.05) is 13.8 Å². The van der Waals surface area contributed by atoms with Crippen molar-refractivity contribution in [2.75, 3.05) is 11.5 Å². The van der Waals surface area contributed by atoms with Crippen LogP contribution in [0.5, 0.6) is 0 Å². The molecule has 0 aliphatic carbocycles. The van der Waals surface area contributed by atoms with Crippen molar-refractivity contribution in [3.05, 3.63) is 0 Å². The van der Waals surface area contributed by atoms with Gasteiger partial charge in [0.1, 0.15) is 0 Å². The van der Waals surface area contributed by atoms with Gasteiger partial charge in [-0.1, -0.05) is 20.8 Å². The quantitative estimate of drug-likeness (QED) is 0.736. The molecule has 0 fully saturated rings. The number of sulfone groups is 1. The zero-order valence-corrected chi connectivity index (χ0v) is 12.4. The van der Waals surface area contributed by atoms with E-state index < -0.39 is 21.9 Å². The Labute approximate surface area is 110 Å². The fraction of sp³-hybridized carbons (Fsp3) is 0.900. The standard InChI is InChI=1S/C10H22N2O3S.ClH/c1-5-16(14,15)6-8(4)12-10(13)9(11)7(2)3;/h7-9H,5-6,11H2,1-4H3,(H,12,13);1H/t8?,9-;/m0./s1. The van der Waals surface area contributed by atoms with Gasteiger partial charge in [-0.05, 0) is 12.8 Å². The van der Waals surface area contributed by atoms with Gasteiger partial charge in [-0.2, -0.15) is 0 Å². The van der Waals surface area contributed by atoms with E-state index in [0.29, 0.717) is 0 Å². The molecule has 0 aliphatic heterocycles. The first-order chi connectivity index (χ1) is 7.19.